The van der Waals surface area contributed by atoms with Crippen molar-refractivity contribution >= 4 is 22.6 Å². The number of halogens is 1. The number of rotatable bonds is 16. The van der Waals surface area contributed by atoms with Gasteiger partial charge in [-0.05, 0) is 13.3 Å². The van der Waals surface area contributed by atoms with Gasteiger partial charge in [-0.2, -0.15) is 0 Å². The molecule has 1 atom stereocenters. The van der Waals surface area contributed by atoms with Crippen LogP contribution >= 0.6 is 22.6 Å². The van der Waals surface area contributed by atoms with E-state index in [0.29, 0.717) is 6.10 Å². The van der Waals surface area contributed by atoms with Gasteiger partial charge in [0.05, 0.1) is 12.7 Å². The summed E-state index contributed by atoms with van der Waals surface area (Å²) in [5, 5.41) is 0. The molecule has 0 N–H and O–H groups in total. The molecule has 0 amide bonds. The summed E-state index contributed by atoms with van der Waals surface area (Å²) in [5.41, 5.74) is 0. The lowest BCUT2D eigenvalue weighted by Crippen LogP contribution is -2.09. The van der Waals surface area contributed by atoms with Crippen molar-refractivity contribution in [2.75, 3.05) is 11.0 Å². The molecule has 0 spiro atoms. The molecule has 0 rings (SSSR count). The lowest BCUT2D eigenvalue weighted by atomic mass is 10.0. The van der Waals surface area contributed by atoms with E-state index in [1.807, 2.05) is 0 Å². The van der Waals surface area contributed by atoms with Crippen molar-refractivity contribution in [2.24, 2.45) is 0 Å². The quantitative estimate of drug-likeness (QED) is 0.156. The van der Waals surface area contributed by atoms with Gasteiger partial charge < -0.3 is 4.74 Å². The van der Waals surface area contributed by atoms with Crippen LogP contribution in [0, 0.1) is 0 Å². The molecule has 0 aromatic carbocycles. The second-order valence-electron chi connectivity index (χ2n) is 6.05. The fraction of sp³-hybridized carbons (Fsp3) is 1.00. The van der Waals surface area contributed by atoms with Crippen LogP contribution in [0.5, 0.6) is 0 Å². The molecular formula is C18H37IO. The SMILES string of the molecule is CCCCCCCCCCCCCCC(C)OCCI. The Kier molecular flexibility index (Phi) is 18.4. The molecule has 0 radical (unpaired) electrons. The molecule has 0 saturated heterocycles. The third-order valence-electron chi connectivity index (χ3n) is 3.94. The monoisotopic (exact) mass is 396 g/mol. The van der Waals surface area contributed by atoms with Crippen LogP contribution in [0.1, 0.15) is 97.3 Å². The van der Waals surface area contributed by atoms with Gasteiger partial charge in [-0.25, -0.2) is 0 Å². The molecule has 0 heterocycles. The van der Waals surface area contributed by atoms with E-state index >= 15 is 0 Å². The Bertz CT molecular complexity index is 173. The van der Waals surface area contributed by atoms with Crippen molar-refractivity contribution in [3.8, 4) is 0 Å². The summed E-state index contributed by atoms with van der Waals surface area (Å²) in [4.78, 5) is 0. The summed E-state index contributed by atoms with van der Waals surface area (Å²) in [7, 11) is 0. The van der Waals surface area contributed by atoms with Crippen molar-refractivity contribution in [2.45, 2.75) is 103 Å². The summed E-state index contributed by atoms with van der Waals surface area (Å²) >= 11 is 2.37. The van der Waals surface area contributed by atoms with Crippen molar-refractivity contribution in [3.63, 3.8) is 0 Å². The number of unbranched alkanes of at least 4 members (excludes halogenated alkanes) is 11. The van der Waals surface area contributed by atoms with Gasteiger partial charge >= 0.3 is 0 Å². The van der Waals surface area contributed by atoms with Gasteiger partial charge in [0.15, 0.2) is 0 Å². The maximum atomic E-state index is 5.68. The highest BCUT2D eigenvalue weighted by Crippen LogP contribution is 2.13. The smallest absolute Gasteiger partial charge is 0.0559 e. The Hall–Kier alpha value is 0.690. The normalized spacial score (nSPS) is 12.8. The number of hydrogen-bond donors (Lipinski definition) is 0. The molecule has 122 valence electrons. The molecule has 0 aromatic heterocycles. The van der Waals surface area contributed by atoms with Gasteiger partial charge in [-0.3, -0.25) is 0 Å². The average Bonchev–Trinajstić information content (AvgIpc) is 2.46. The van der Waals surface area contributed by atoms with E-state index in [1.54, 1.807) is 0 Å². The summed E-state index contributed by atoms with van der Waals surface area (Å²) in [6.45, 7) is 5.42. The van der Waals surface area contributed by atoms with Gasteiger partial charge in [0.1, 0.15) is 0 Å². The molecule has 0 aliphatic carbocycles. The fourth-order valence-electron chi connectivity index (χ4n) is 2.60. The van der Waals surface area contributed by atoms with Gasteiger partial charge in [-0.1, -0.05) is 107 Å². The van der Waals surface area contributed by atoms with Crippen LogP contribution in [0.4, 0.5) is 0 Å². The van der Waals surface area contributed by atoms with Gasteiger partial charge in [0.25, 0.3) is 0 Å². The van der Waals surface area contributed by atoms with E-state index in [9.17, 15) is 0 Å². The molecule has 0 aliphatic heterocycles. The van der Waals surface area contributed by atoms with Crippen molar-refractivity contribution in [1.29, 1.82) is 0 Å². The second-order valence-corrected chi connectivity index (χ2v) is 7.13. The van der Waals surface area contributed by atoms with Crippen LogP contribution in [0.25, 0.3) is 0 Å². The zero-order valence-corrected chi connectivity index (χ0v) is 16.1. The van der Waals surface area contributed by atoms with E-state index in [0.717, 1.165) is 11.0 Å². The predicted molar refractivity (Wildman–Crippen MR) is 100.0 cm³/mol. The standard InChI is InChI=1S/C18H37IO/c1-3-4-5-6-7-8-9-10-11-12-13-14-15-18(2)20-17-16-19/h18H,3-17H2,1-2H3. The zero-order chi connectivity index (χ0) is 14.9. The fourth-order valence-corrected chi connectivity index (χ4v) is 2.86. The third kappa shape index (κ3) is 16.7. The van der Waals surface area contributed by atoms with E-state index < -0.39 is 0 Å². The van der Waals surface area contributed by atoms with Crippen molar-refractivity contribution in [3.05, 3.63) is 0 Å². The van der Waals surface area contributed by atoms with Crippen LogP contribution in [-0.4, -0.2) is 17.1 Å². The highest BCUT2D eigenvalue weighted by molar-refractivity contribution is 14.1. The van der Waals surface area contributed by atoms with Gasteiger partial charge in [0.2, 0.25) is 0 Å². The minimum Gasteiger partial charge on any atom is -0.378 e. The van der Waals surface area contributed by atoms with Crippen molar-refractivity contribution < 1.29 is 4.74 Å². The molecule has 0 saturated carbocycles. The average molecular weight is 396 g/mol. The minimum atomic E-state index is 0.466. The lowest BCUT2D eigenvalue weighted by Gasteiger charge is -2.11. The first-order valence-electron chi connectivity index (χ1n) is 8.98. The molecule has 0 aliphatic rings. The minimum absolute atomic E-state index is 0.466. The van der Waals surface area contributed by atoms with Crippen LogP contribution in [0.2, 0.25) is 0 Å². The summed E-state index contributed by atoms with van der Waals surface area (Å²) < 4.78 is 6.80. The summed E-state index contributed by atoms with van der Waals surface area (Å²) in [6.07, 6.45) is 18.9. The highest BCUT2D eigenvalue weighted by Gasteiger charge is 2.01. The predicted octanol–water partition coefficient (Wildman–Crippen LogP) is 6.92. The molecule has 1 nitrogen and oxygen atoms in total. The summed E-state index contributed by atoms with van der Waals surface area (Å²) in [5.74, 6) is 0. The Labute approximate surface area is 141 Å². The van der Waals surface area contributed by atoms with E-state index in [4.69, 9.17) is 4.74 Å². The van der Waals surface area contributed by atoms with E-state index in [-0.39, 0.29) is 0 Å². The zero-order valence-electron chi connectivity index (χ0n) is 14.0. The van der Waals surface area contributed by atoms with E-state index in [2.05, 4.69) is 36.4 Å². The molecule has 0 fully saturated rings. The Morgan fingerprint density at radius 1 is 0.750 bits per heavy atom. The maximum absolute atomic E-state index is 5.68. The first-order chi connectivity index (χ1) is 9.81. The maximum Gasteiger partial charge on any atom is 0.0559 e. The topological polar surface area (TPSA) is 9.23 Å². The third-order valence-corrected chi connectivity index (χ3v) is 4.38. The van der Waals surface area contributed by atoms with Gasteiger partial charge in [0, 0.05) is 4.43 Å². The summed E-state index contributed by atoms with van der Waals surface area (Å²) in [6, 6.07) is 0. The highest BCUT2D eigenvalue weighted by atomic mass is 127. The molecule has 20 heavy (non-hydrogen) atoms. The van der Waals surface area contributed by atoms with Crippen molar-refractivity contribution in [1.82, 2.24) is 0 Å². The molecule has 2 heteroatoms. The molecule has 0 aromatic rings. The largest absolute Gasteiger partial charge is 0.378 e. The molecule has 1 unspecified atom stereocenters. The Balaban J connectivity index is 3.02. The van der Waals surface area contributed by atoms with Gasteiger partial charge in [-0.15, -0.1) is 0 Å². The first-order valence-corrected chi connectivity index (χ1v) is 10.5. The first kappa shape index (κ1) is 20.7. The Morgan fingerprint density at radius 3 is 1.65 bits per heavy atom. The van der Waals surface area contributed by atoms with Crippen LogP contribution in [0.3, 0.4) is 0 Å². The number of ether oxygens (including phenoxy) is 1. The number of hydrogen-bond acceptors (Lipinski definition) is 1. The second kappa shape index (κ2) is 17.7. The van der Waals surface area contributed by atoms with Crippen LogP contribution in [-0.2, 0) is 4.74 Å². The number of alkyl halides is 1. The van der Waals surface area contributed by atoms with Crippen LogP contribution < -0.4 is 0 Å². The molecular weight excluding hydrogens is 359 g/mol. The van der Waals surface area contributed by atoms with Crippen LogP contribution in [0.15, 0.2) is 0 Å². The molecule has 0 bridgehead atoms. The Morgan fingerprint density at radius 2 is 1.20 bits per heavy atom. The van der Waals surface area contributed by atoms with E-state index in [1.165, 1.54) is 83.5 Å². The lowest BCUT2D eigenvalue weighted by molar-refractivity contribution is 0.0714.